The number of carbonyl (C=O) groups is 4. The van der Waals surface area contributed by atoms with Crippen LogP contribution in [0.25, 0.3) is 0 Å². The monoisotopic (exact) mass is 702 g/mol. The number of hydrogen-bond donors (Lipinski definition) is 0. The lowest BCUT2D eigenvalue weighted by Gasteiger charge is -2.06. The molecule has 278 valence electrons. The highest BCUT2D eigenvalue weighted by Gasteiger charge is 2.14. The summed E-state index contributed by atoms with van der Waals surface area (Å²) in [7, 11) is 0. The van der Waals surface area contributed by atoms with E-state index >= 15 is 0 Å². The summed E-state index contributed by atoms with van der Waals surface area (Å²) in [5.74, 6) is -0.864. The molecule has 0 aliphatic carbocycles. The quantitative estimate of drug-likeness (QED) is 0.0420. The van der Waals surface area contributed by atoms with Gasteiger partial charge in [-0.2, -0.15) is 0 Å². The third kappa shape index (κ3) is 19.1. The summed E-state index contributed by atoms with van der Waals surface area (Å²) in [6.45, 7) is 8.61. The van der Waals surface area contributed by atoms with Crippen molar-refractivity contribution in [2.75, 3.05) is 13.2 Å². The normalized spacial score (nSPS) is 10.9. The standard InChI is InChI=1S/C38H54O12/c1-29(2)31-19-23-33(24-20-31)35(39)45-49-47-37(41)43-27-17-15-13-11-9-7-5-6-8-10-12-14-16-18-28-44-38(42)48-50-46-36(40)34-25-21-32(22-26-34)30(3)4/h19-26,29-30H,5-18,27-28H2,1-4H3. The Bertz CT molecular complexity index is 1140. The van der Waals surface area contributed by atoms with E-state index in [2.05, 4.69) is 57.3 Å². The summed E-state index contributed by atoms with van der Waals surface area (Å²) in [6.07, 6.45) is 12.9. The van der Waals surface area contributed by atoms with E-state index in [9.17, 15) is 19.2 Å². The first-order valence-electron chi connectivity index (χ1n) is 17.8. The first-order chi connectivity index (χ1) is 24.2. The highest BCUT2D eigenvalue weighted by atomic mass is 17.5. The fourth-order valence-electron chi connectivity index (χ4n) is 4.94. The van der Waals surface area contributed by atoms with Gasteiger partial charge in [0.1, 0.15) is 0 Å². The van der Waals surface area contributed by atoms with E-state index in [0.717, 1.165) is 49.7 Å². The minimum atomic E-state index is -1.06. The molecule has 0 unspecified atom stereocenters. The number of hydrogen-bond acceptors (Lipinski definition) is 12. The Morgan fingerprint density at radius 3 is 0.980 bits per heavy atom. The second-order valence-electron chi connectivity index (χ2n) is 12.7. The van der Waals surface area contributed by atoms with Gasteiger partial charge in [-0.05, 0) is 60.1 Å². The minimum Gasteiger partial charge on any atom is -0.432 e. The molecule has 0 N–H and O–H groups in total. The average Bonchev–Trinajstić information content (AvgIpc) is 3.11. The van der Waals surface area contributed by atoms with Crippen LogP contribution in [0.5, 0.6) is 0 Å². The van der Waals surface area contributed by atoms with Crippen molar-refractivity contribution < 1.29 is 58.3 Å². The van der Waals surface area contributed by atoms with E-state index in [1.807, 2.05) is 24.3 Å². The van der Waals surface area contributed by atoms with Crippen molar-refractivity contribution in [1.82, 2.24) is 0 Å². The van der Waals surface area contributed by atoms with E-state index < -0.39 is 24.2 Å². The molecule has 0 spiro atoms. The molecule has 0 bridgehead atoms. The highest BCUT2D eigenvalue weighted by molar-refractivity contribution is 5.89. The van der Waals surface area contributed by atoms with Crippen molar-refractivity contribution in [2.24, 2.45) is 0 Å². The summed E-state index contributed by atoms with van der Waals surface area (Å²) in [6, 6.07) is 13.8. The summed E-state index contributed by atoms with van der Waals surface area (Å²) in [5.41, 5.74) is 2.73. The van der Waals surface area contributed by atoms with E-state index in [0.29, 0.717) is 24.7 Å². The van der Waals surface area contributed by atoms with Crippen molar-refractivity contribution in [3.8, 4) is 0 Å². The fourth-order valence-corrected chi connectivity index (χ4v) is 4.94. The molecule has 0 aliphatic rings. The van der Waals surface area contributed by atoms with Crippen LogP contribution in [0.4, 0.5) is 9.59 Å². The first-order valence-corrected chi connectivity index (χ1v) is 17.8. The largest absolute Gasteiger partial charge is 0.543 e. The van der Waals surface area contributed by atoms with Gasteiger partial charge in [-0.15, -0.1) is 0 Å². The molecule has 0 aliphatic heterocycles. The Kier molecular flexibility index (Phi) is 21.6. The van der Waals surface area contributed by atoms with Gasteiger partial charge in [0, 0.05) is 0 Å². The van der Waals surface area contributed by atoms with Crippen LogP contribution >= 0.6 is 0 Å². The molecule has 0 amide bonds. The van der Waals surface area contributed by atoms with Crippen LogP contribution in [0.3, 0.4) is 0 Å². The Morgan fingerprint density at radius 2 is 0.700 bits per heavy atom. The molecule has 0 radical (unpaired) electrons. The molecular weight excluding hydrogens is 648 g/mol. The smallest absolute Gasteiger partial charge is 0.432 e. The van der Waals surface area contributed by atoms with Gasteiger partial charge in [0.15, 0.2) is 0 Å². The maximum Gasteiger partial charge on any atom is 0.543 e. The predicted octanol–water partition coefficient (Wildman–Crippen LogP) is 10.4. The lowest BCUT2D eigenvalue weighted by Crippen LogP contribution is -2.12. The van der Waals surface area contributed by atoms with Crippen molar-refractivity contribution in [3.63, 3.8) is 0 Å². The van der Waals surface area contributed by atoms with Gasteiger partial charge >= 0.3 is 24.2 Å². The van der Waals surface area contributed by atoms with Gasteiger partial charge in [0.2, 0.25) is 0 Å². The molecule has 50 heavy (non-hydrogen) atoms. The molecule has 12 nitrogen and oxygen atoms in total. The van der Waals surface area contributed by atoms with Crippen LogP contribution in [0.1, 0.15) is 161 Å². The number of unbranched alkanes of at least 4 members (excludes halogenated alkanes) is 13. The van der Waals surface area contributed by atoms with Gasteiger partial charge in [-0.3, -0.25) is 9.78 Å². The van der Waals surface area contributed by atoms with Crippen molar-refractivity contribution in [3.05, 3.63) is 70.8 Å². The summed E-state index contributed by atoms with van der Waals surface area (Å²) < 4.78 is 9.84. The number of ether oxygens (including phenoxy) is 2. The first kappa shape index (κ1) is 42.0. The molecule has 0 aromatic heterocycles. The number of benzene rings is 2. The summed E-state index contributed by atoms with van der Waals surface area (Å²) >= 11 is 0. The zero-order chi connectivity index (χ0) is 36.4. The Labute approximate surface area is 295 Å². The summed E-state index contributed by atoms with van der Waals surface area (Å²) in [5, 5.41) is 8.51. The fraction of sp³-hybridized carbons (Fsp3) is 0.579. The number of rotatable bonds is 25. The minimum absolute atomic E-state index is 0.203. The predicted molar refractivity (Wildman–Crippen MR) is 184 cm³/mol. The van der Waals surface area contributed by atoms with Gasteiger partial charge in [0.05, 0.1) is 34.4 Å². The van der Waals surface area contributed by atoms with E-state index in [1.165, 1.54) is 38.5 Å². The van der Waals surface area contributed by atoms with Crippen molar-refractivity contribution in [2.45, 2.75) is 129 Å². The second kappa shape index (κ2) is 25.8. The average molecular weight is 703 g/mol. The Balaban J connectivity index is 1.29. The molecule has 0 atom stereocenters. The lowest BCUT2D eigenvalue weighted by atomic mass is 10.0. The molecule has 0 fully saturated rings. The van der Waals surface area contributed by atoms with Crippen LogP contribution in [-0.2, 0) is 39.1 Å². The molecule has 0 saturated heterocycles. The van der Waals surface area contributed by atoms with Gasteiger partial charge in [-0.25, -0.2) is 29.0 Å². The van der Waals surface area contributed by atoms with E-state index in [1.54, 1.807) is 24.3 Å². The lowest BCUT2D eigenvalue weighted by molar-refractivity contribution is -0.452. The van der Waals surface area contributed by atoms with Gasteiger partial charge in [0.25, 0.3) is 0 Å². The molecule has 2 aromatic rings. The third-order valence-corrected chi connectivity index (χ3v) is 8.03. The van der Waals surface area contributed by atoms with E-state index in [-0.39, 0.29) is 24.3 Å². The molecule has 2 aromatic carbocycles. The maximum absolute atomic E-state index is 11.9. The topological polar surface area (TPSA) is 142 Å². The van der Waals surface area contributed by atoms with Crippen LogP contribution in [-0.4, -0.2) is 37.5 Å². The van der Waals surface area contributed by atoms with Gasteiger partial charge in [-0.1, -0.05) is 129 Å². The van der Waals surface area contributed by atoms with Gasteiger partial charge < -0.3 is 9.47 Å². The molecule has 12 heteroatoms. The van der Waals surface area contributed by atoms with Crippen LogP contribution in [0.15, 0.2) is 48.5 Å². The number of carbonyl (C=O) groups excluding carboxylic acids is 4. The Hall–Kier alpha value is -4.16. The zero-order valence-electron chi connectivity index (χ0n) is 30.0. The van der Waals surface area contributed by atoms with Crippen LogP contribution < -0.4 is 0 Å². The third-order valence-electron chi connectivity index (χ3n) is 8.03. The molecule has 2 rings (SSSR count). The second-order valence-corrected chi connectivity index (χ2v) is 12.7. The van der Waals surface area contributed by atoms with Crippen molar-refractivity contribution >= 4 is 24.2 Å². The highest BCUT2D eigenvalue weighted by Crippen LogP contribution is 2.17. The summed E-state index contributed by atoms with van der Waals surface area (Å²) in [4.78, 5) is 64.6. The van der Waals surface area contributed by atoms with Crippen molar-refractivity contribution in [1.29, 1.82) is 0 Å². The zero-order valence-corrected chi connectivity index (χ0v) is 30.0. The molecular formula is C38H54O12. The van der Waals surface area contributed by atoms with Crippen LogP contribution in [0.2, 0.25) is 0 Å². The maximum atomic E-state index is 11.9. The van der Waals surface area contributed by atoms with E-state index in [4.69, 9.17) is 9.47 Å². The molecule has 0 heterocycles. The Morgan fingerprint density at radius 1 is 0.420 bits per heavy atom. The van der Waals surface area contributed by atoms with Crippen LogP contribution in [0, 0.1) is 0 Å². The molecule has 0 saturated carbocycles. The SMILES string of the molecule is CC(C)c1ccc(C(=O)OOOC(=O)OCCCCCCCCCCCCCCCCOC(=O)OOOC(=O)c2ccc(C(C)C)cc2)cc1.